The van der Waals surface area contributed by atoms with E-state index in [0.29, 0.717) is 5.56 Å². The fraction of sp³-hybridized carbons (Fsp3) is 0.188. The molecule has 0 bridgehead atoms. The van der Waals surface area contributed by atoms with Gasteiger partial charge in [-0.1, -0.05) is 39.7 Å². The molecule has 2 aromatic rings. The lowest BCUT2D eigenvalue weighted by Crippen LogP contribution is -2.15. The van der Waals surface area contributed by atoms with Crippen LogP contribution in [0, 0.1) is 0 Å². The molecule has 0 heterocycles. The van der Waals surface area contributed by atoms with E-state index in [2.05, 4.69) is 20.7 Å². The monoisotopic (exact) mass is 431 g/mol. The number of nitrogens with one attached hydrogen (secondary N) is 1. The van der Waals surface area contributed by atoms with Gasteiger partial charge in [-0.05, 0) is 42.8 Å². The second-order valence-electron chi connectivity index (χ2n) is 4.90. The van der Waals surface area contributed by atoms with Crippen molar-refractivity contribution in [3.63, 3.8) is 0 Å². The van der Waals surface area contributed by atoms with E-state index in [4.69, 9.17) is 16.3 Å². The molecular weight excluding hydrogens is 418 g/mol. The van der Waals surface area contributed by atoms with Gasteiger partial charge in [0.25, 0.3) is 0 Å². The van der Waals surface area contributed by atoms with E-state index in [9.17, 15) is 13.2 Å². The summed E-state index contributed by atoms with van der Waals surface area (Å²) in [7, 11) is -3.63. The van der Waals surface area contributed by atoms with Crippen molar-refractivity contribution < 1.29 is 17.9 Å². The molecule has 2 rings (SSSR count). The minimum Gasteiger partial charge on any atom is -0.462 e. The summed E-state index contributed by atoms with van der Waals surface area (Å²) in [5.74, 6) is -0.695. The van der Waals surface area contributed by atoms with Crippen LogP contribution in [0.25, 0.3) is 0 Å². The molecule has 0 aliphatic carbocycles. The Morgan fingerprint density at radius 2 is 1.88 bits per heavy atom. The Morgan fingerprint density at radius 3 is 2.46 bits per heavy atom. The first-order valence-electron chi connectivity index (χ1n) is 7.02. The number of hydrogen-bond donors (Lipinski definition) is 1. The van der Waals surface area contributed by atoms with Gasteiger partial charge in [-0.2, -0.15) is 0 Å². The van der Waals surface area contributed by atoms with Crippen LogP contribution in [-0.4, -0.2) is 21.0 Å². The highest BCUT2D eigenvalue weighted by molar-refractivity contribution is 9.10. The highest BCUT2D eigenvalue weighted by Crippen LogP contribution is 2.25. The lowest BCUT2D eigenvalue weighted by Gasteiger charge is -2.11. The van der Waals surface area contributed by atoms with Crippen LogP contribution in [0.3, 0.4) is 0 Å². The van der Waals surface area contributed by atoms with Gasteiger partial charge >= 0.3 is 5.97 Å². The summed E-state index contributed by atoms with van der Waals surface area (Å²) in [4.78, 5) is 11.6. The molecule has 0 atom stereocenters. The van der Waals surface area contributed by atoms with Crippen LogP contribution in [0.1, 0.15) is 22.8 Å². The zero-order chi connectivity index (χ0) is 17.7. The molecule has 0 saturated heterocycles. The number of carbonyl (C=O) groups excluding carboxylic acids is 1. The smallest absolute Gasteiger partial charge is 0.338 e. The van der Waals surface area contributed by atoms with Crippen molar-refractivity contribution in [1.82, 2.24) is 0 Å². The van der Waals surface area contributed by atoms with E-state index < -0.39 is 16.0 Å². The fourth-order valence-corrected chi connectivity index (χ4v) is 3.71. The van der Waals surface area contributed by atoms with E-state index >= 15 is 0 Å². The Hall–Kier alpha value is -1.57. The van der Waals surface area contributed by atoms with Gasteiger partial charge in [0.1, 0.15) is 0 Å². The second kappa shape index (κ2) is 8.00. The van der Waals surface area contributed by atoms with Crippen LogP contribution in [0.4, 0.5) is 5.69 Å². The highest BCUT2D eigenvalue weighted by Gasteiger charge is 2.15. The van der Waals surface area contributed by atoms with E-state index in [1.165, 1.54) is 18.2 Å². The van der Waals surface area contributed by atoms with Crippen LogP contribution < -0.4 is 4.72 Å². The summed E-state index contributed by atoms with van der Waals surface area (Å²) in [6, 6.07) is 11.2. The van der Waals surface area contributed by atoms with Crippen molar-refractivity contribution in [2.24, 2.45) is 0 Å². The highest BCUT2D eigenvalue weighted by atomic mass is 79.9. The molecule has 0 saturated carbocycles. The Kier molecular flexibility index (Phi) is 6.26. The van der Waals surface area contributed by atoms with Crippen molar-refractivity contribution in [1.29, 1.82) is 0 Å². The van der Waals surface area contributed by atoms with Crippen molar-refractivity contribution >= 4 is 49.2 Å². The molecule has 1 N–H and O–H groups in total. The molecule has 0 unspecified atom stereocenters. The fourth-order valence-electron chi connectivity index (χ4n) is 1.94. The third-order valence-electron chi connectivity index (χ3n) is 3.02. The lowest BCUT2D eigenvalue weighted by atomic mass is 10.2. The predicted molar refractivity (Wildman–Crippen MR) is 97.8 cm³/mol. The Bertz CT molecular complexity index is 838. The maximum absolute atomic E-state index is 12.3. The lowest BCUT2D eigenvalue weighted by molar-refractivity contribution is 0.0526. The number of sulfonamides is 1. The topological polar surface area (TPSA) is 72.5 Å². The number of esters is 1. The molecule has 0 spiro atoms. The second-order valence-corrected chi connectivity index (χ2v) is 7.95. The molecule has 0 aliphatic heterocycles. The minimum absolute atomic E-state index is 0.125. The SMILES string of the molecule is CCOC(=O)c1ccc(NS(=O)(=O)Cc2ccc(Br)cc2)c(Cl)c1. The average molecular weight is 433 g/mol. The summed E-state index contributed by atoms with van der Waals surface area (Å²) in [6.07, 6.45) is 0. The Balaban J connectivity index is 2.14. The third-order valence-corrected chi connectivity index (χ3v) is 5.10. The number of hydrogen-bond acceptors (Lipinski definition) is 4. The van der Waals surface area contributed by atoms with Crippen LogP contribution >= 0.6 is 27.5 Å². The molecule has 8 heteroatoms. The number of ether oxygens (including phenoxy) is 1. The Labute approximate surface area is 154 Å². The maximum atomic E-state index is 12.3. The summed E-state index contributed by atoms with van der Waals surface area (Å²) in [5.41, 5.74) is 1.12. The van der Waals surface area contributed by atoms with Gasteiger partial charge in [0.15, 0.2) is 0 Å². The van der Waals surface area contributed by atoms with Gasteiger partial charge < -0.3 is 4.74 Å². The number of anilines is 1. The van der Waals surface area contributed by atoms with Gasteiger partial charge in [0.05, 0.1) is 28.6 Å². The molecule has 0 fully saturated rings. The normalized spacial score (nSPS) is 11.1. The summed E-state index contributed by atoms with van der Waals surface area (Å²) in [5, 5.41) is 0.125. The van der Waals surface area contributed by atoms with E-state index in [1.807, 2.05) is 0 Å². The molecule has 0 amide bonds. The van der Waals surface area contributed by atoms with Crippen LogP contribution in [-0.2, 0) is 20.5 Å². The first-order valence-corrected chi connectivity index (χ1v) is 9.84. The summed E-state index contributed by atoms with van der Waals surface area (Å²) < 4.78 is 32.7. The molecule has 2 aromatic carbocycles. The quantitative estimate of drug-likeness (QED) is 0.694. The molecular formula is C16H15BrClNO4S. The number of carbonyl (C=O) groups is 1. The minimum atomic E-state index is -3.63. The van der Waals surface area contributed by atoms with Gasteiger partial charge in [-0.25, -0.2) is 13.2 Å². The zero-order valence-electron chi connectivity index (χ0n) is 12.8. The van der Waals surface area contributed by atoms with E-state index in [0.717, 1.165) is 4.47 Å². The molecule has 0 aliphatic rings. The number of benzene rings is 2. The largest absolute Gasteiger partial charge is 0.462 e. The average Bonchev–Trinajstić information content (AvgIpc) is 2.51. The van der Waals surface area contributed by atoms with Crippen molar-refractivity contribution in [2.45, 2.75) is 12.7 Å². The predicted octanol–water partition coefficient (Wildman–Crippen LogP) is 4.22. The standard InChI is InChI=1S/C16H15BrClNO4S/c1-2-23-16(20)12-5-8-15(14(18)9-12)19-24(21,22)10-11-3-6-13(17)7-4-11/h3-9,19H,2,10H2,1H3. The third kappa shape index (κ3) is 5.22. The first-order chi connectivity index (χ1) is 11.3. The van der Waals surface area contributed by atoms with Crippen LogP contribution in [0.15, 0.2) is 46.9 Å². The maximum Gasteiger partial charge on any atom is 0.338 e. The van der Waals surface area contributed by atoms with Crippen molar-refractivity contribution in [3.8, 4) is 0 Å². The number of rotatable bonds is 6. The molecule has 0 radical (unpaired) electrons. The van der Waals surface area contributed by atoms with Crippen molar-refractivity contribution in [2.75, 3.05) is 11.3 Å². The molecule has 24 heavy (non-hydrogen) atoms. The molecule has 0 aromatic heterocycles. The van der Waals surface area contributed by atoms with Crippen LogP contribution in [0.2, 0.25) is 5.02 Å². The molecule has 5 nitrogen and oxygen atoms in total. The van der Waals surface area contributed by atoms with Gasteiger partial charge in [-0.15, -0.1) is 0 Å². The van der Waals surface area contributed by atoms with Gasteiger partial charge in [0, 0.05) is 4.47 Å². The van der Waals surface area contributed by atoms with E-state index in [-0.39, 0.29) is 28.6 Å². The van der Waals surface area contributed by atoms with Gasteiger partial charge in [-0.3, -0.25) is 4.72 Å². The first kappa shape index (κ1) is 18.8. The van der Waals surface area contributed by atoms with Crippen LogP contribution in [0.5, 0.6) is 0 Å². The van der Waals surface area contributed by atoms with E-state index in [1.54, 1.807) is 31.2 Å². The van der Waals surface area contributed by atoms with Crippen molar-refractivity contribution in [3.05, 3.63) is 63.1 Å². The molecule has 128 valence electrons. The number of halogens is 2. The summed E-state index contributed by atoms with van der Waals surface area (Å²) in [6.45, 7) is 1.95. The van der Waals surface area contributed by atoms with Gasteiger partial charge in [0.2, 0.25) is 10.0 Å². The summed E-state index contributed by atoms with van der Waals surface area (Å²) >= 11 is 9.36. The Morgan fingerprint density at radius 1 is 1.21 bits per heavy atom. The zero-order valence-corrected chi connectivity index (χ0v) is 15.9.